The fourth-order valence-corrected chi connectivity index (χ4v) is 1.95. The Labute approximate surface area is 114 Å². The van der Waals surface area contributed by atoms with Gasteiger partial charge in [0.2, 0.25) is 11.9 Å². The van der Waals surface area contributed by atoms with Crippen LogP contribution in [0.25, 0.3) is 11.0 Å². The van der Waals surface area contributed by atoms with Gasteiger partial charge < -0.3 is 9.62 Å². The highest BCUT2D eigenvalue weighted by Crippen LogP contribution is 2.12. The molecule has 98 valence electrons. The highest BCUT2D eigenvalue weighted by atomic mass is 16.5. The second-order valence-corrected chi connectivity index (χ2v) is 4.30. The highest BCUT2D eigenvalue weighted by Gasteiger charge is 2.06. The third-order valence-electron chi connectivity index (χ3n) is 2.91. The molecule has 0 N–H and O–H groups in total. The SMILES string of the molecule is O=c1cc(/C=[N+](\[O-])c2ccccc2)oc2ccccc12. The maximum absolute atomic E-state index is 12.0. The van der Waals surface area contributed by atoms with Crippen molar-refractivity contribution in [1.82, 2.24) is 0 Å². The van der Waals surface area contributed by atoms with Gasteiger partial charge in [-0.3, -0.25) is 4.79 Å². The molecule has 0 radical (unpaired) electrons. The van der Waals surface area contributed by atoms with Gasteiger partial charge in [-0.25, -0.2) is 0 Å². The molecule has 0 spiro atoms. The number of hydrogen-bond acceptors (Lipinski definition) is 3. The molecule has 0 aliphatic carbocycles. The van der Waals surface area contributed by atoms with Gasteiger partial charge in [0.1, 0.15) is 5.58 Å². The molecule has 4 heteroatoms. The predicted octanol–water partition coefficient (Wildman–Crippen LogP) is 3.05. The zero-order valence-electron chi connectivity index (χ0n) is 10.5. The molecule has 0 saturated heterocycles. The maximum Gasteiger partial charge on any atom is 0.223 e. The second kappa shape index (κ2) is 5.01. The maximum atomic E-state index is 12.0. The summed E-state index contributed by atoms with van der Waals surface area (Å²) in [7, 11) is 0. The van der Waals surface area contributed by atoms with E-state index in [-0.39, 0.29) is 11.2 Å². The lowest BCUT2D eigenvalue weighted by molar-refractivity contribution is -0.354. The van der Waals surface area contributed by atoms with Crippen molar-refractivity contribution in [3.63, 3.8) is 0 Å². The summed E-state index contributed by atoms with van der Waals surface area (Å²) in [6.07, 6.45) is 1.25. The number of para-hydroxylation sites is 2. The smallest absolute Gasteiger partial charge is 0.223 e. The van der Waals surface area contributed by atoms with Crippen LogP contribution in [0.15, 0.2) is 69.9 Å². The van der Waals surface area contributed by atoms with Gasteiger partial charge >= 0.3 is 0 Å². The Bertz CT molecular complexity index is 835. The van der Waals surface area contributed by atoms with E-state index in [1.165, 1.54) is 12.3 Å². The Kier molecular flexibility index (Phi) is 3.05. The minimum Gasteiger partial charge on any atom is -0.618 e. The molecule has 0 aliphatic heterocycles. The summed E-state index contributed by atoms with van der Waals surface area (Å²) in [4.78, 5) is 11.9. The van der Waals surface area contributed by atoms with Crippen molar-refractivity contribution < 1.29 is 9.16 Å². The summed E-state index contributed by atoms with van der Waals surface area (Å²) in [5.74, 6) is 0.229. The minimum atomic E-state index is -0.167. The molecule has 0 atom stereocenters. The first-order chi connectivity index (χ1) is 9.74. The molecule has 4 nitrogen and oxygen atoms in total. The Hall–Kier alpha value is -2.88. The van der Waals surface area contributed by atoms with E-state index in [4.69, 9.17) is 4.42 Å². The van der Waals surface area contributed by atoms with E-state index in [0.717, 1.165) is 0 Å². The average Bonchev–Trinajstić information content (AvgIpc) is 2.48. The first-order valence-electron chi connectivity index (χ1n) is 6.13. The normalized spacial score (nSPS) is 11.7. The van der Waals surface area contributed by atoms with Gasteiger partial charge in [0.15, 0.2) is 11.2 Å². The third-order valence-corrected chi connectivity index (χ3v) is 2.91. The number of fused-ring (bicyclic) bond motifs is 1. The van der Waals surface area contributed by atoms with Gasteiger partial charge in [0.05, 0.1) is 5.39 Å². The lowest BCUT2D eigenvalue weighted by Crippen LogP contribution is -2.05. The largest absolute Gasteiger partial charge is 0.618 e. The fourth-order valence-electron chi connectivity index (χ4n) is 1.95. The second-order valence-electron chi connectivity index (χ2n) is 4.30. The molecule has 1 heterocycles. The Morgan fingerprint density at radius 1 is 1.00 bits per heavy atom. The van der Waals surface area contributed by atoms with Gasteiger partial charge in [-0.05, 0) is 12.1 Å². The quantitative estimate of drug-likeness (QED) is 0.310. The summed E-state index contributed by atoms with van der Waals surface area (Å²) in [6, 6.07) is 17.0. The van der Waals surface area contributed by atoms with Crippen LogP contribution in [0, 0.1) is 5.21 Å². The van der Waals surface area contributed by atoms with Gasteiger partial charge in [-0.15, -0.1) is 0 Å². The summed E-state index contributed by atoms with van der Waals surface area (Å²) in [5.41, 5.74) is 0.774. The Morgan fingerprint density at radius 3 is 2.50 bits per heavy atom. The zero-order chi connectivity index (χ0) is 13.9. The first-order valence-corrected chi connectivity index (χ1v) is 6.13. The van der Waals surface area contributed by atoms with Gasteiger partial charge in [-0.2, -0.15) is 4.74 Å². The zero-order valence-corrected chi connectivity index (χ0v) is 10.5. The minimum absolute atomic E-state index is 0.167. The fraction of sp³-hybridized carbons (Fsp3) is 0. The summed E-state index contributed by atoms with van der Waals surface area (Å²) < 4.78 is 6.21. The first kappa shape index (κ1) is 12.2. The van der Waals surface area contributed by atoms with Crippen molar-refractivity contribution in [2.45, 2.75) is 0 Å². The number of rotatable bonds is 2. The molecule has 0 amide bonds. The predicted molar refractivity (Wildman–Crippen MR) is 77.4 cm³/mol. The van der Waals surface area contributed by atoms with Crippen LogP contribution in [0.5, 0.6) is 0 Å². The molecule has 0 bridgehead atoms. The lowest BCUT2D eigenvalue weighted by Gasteiger charge is -2.02. The van der Waals surface area contributed by atoms with Crippen molar-refractivity contribution in [2.24, 2.45) is 0 Å². The number of hydrogen-bond donors (Lipinski definition) is 0. The van der Waals surface area contributed by atoms with Crippen LogP contribution in [0.3, 0.4) is 0 Å². The van der Waals surface area contributed by atoms with Crippen molar-refractivity contribution in [2.75, 3.05) is 0 Å². The van der Waals surface area contributed by atoms with Gasteiger partial charge in [-0.1, -0.05) is 30.3 Å². The molecule has 0 unspecified atom stereocenters. The molecule has 0 saturated carbocycles. The van der Waals surface area contributed by atoms with Crippen LogP contribution >= 0.6 is 0 Å². The molecule has 3 rings (SSSR count). The molecule has 20 heavy (non-hydrogen) atoms. The van der Waals surface area contributed by atoms with E-state index < -0.39 is 0 Å². The van der Waals surface area contributed by atoms with Crippen LogP contribution in [0.4, 0.5) is 5.69 Å². The lowest BCUT2D eigenvalue weighted by atomic mass is 10.2. The number of nitrogens with zero attached hydrogens (tertiary/aromatic N) is 1. The molecular formula is C16H11NO3. The van der Waals surface area contributed by atoms with Crippen molar-refractivity contribution in [3.05, 3.63) is 81.9 Å². The molecule has 3 aromatic rings. The van der Waals surface area contributed by atoms with Crippen LogP contribution in [-0.4, -0.2) is 11.0 Å². The molecule has 2 aromatic carbocycles. The summed E-state index contributed by atoms with van der Waals surface area (Å²) in [6.45, 7) is 0. The monoisotopic (exact) mass is 265 g/mol. The Morgan fingerprint density at radius 2 is 1.70 bits per heavy atom. The van der Waals surface area contributed by atoms with Crippen LogP contribution < -0.4 is 5.43 Å². The van der Waals surface area contributed by atoms with E-state index in [9.17, 15) is 10.0 Å². The highest BCUT2D eigenvalue weighted by molar-refractivity contribution is 5.80. The van der Waals surface area contributed by atoms with E-state index >= 15 is 0 Å². The number of benzene rings is 2. The van der Waals surface area contributed by atoms with Crippen molar-refractivity contribution >= 4 is 22.9 Å². The van der Waals surface area contributed by atoms with E-state index in [1.54, 1.807) is 48.5 Å². The van der Waals surface area contributed by atoms with Gasteiger partial charge in [0, 0.05) is 18.2 Å². The molecule has 0 fully saturated rings. The summed E-state index contributed by atoms with van der Waals surface area (Å²) >= 11 is 0. The van der Waals surface area contributed by atoms with Crippen molar-refractivity contribution in [3.8, 4) is 0 Å². The standard InChI is InChI=1S/C16H11NO3/c18-15-10-13(20-16-9-5-4-8-14(15)16)11-17(19)12-6-2-1-3-7-12/h1-11H/b17-11-. The molecule has 0 aliphatic rings. The van der Waals surface area contributed by atoms with Crippen LogP contribution in [-0.2, 0) is 0 Å². The van der Waals surface area contributed by atoms with Crippen LogP contribution in [0.2, 0.25) is 0 Å². The topological polar surface area (TPSA) is 56.3 Å². The third kappa shape index (κ3) is 2.31. The van der Waals surface area contributed by atoms with Crippen LogP contribution in [0.1, 0.15) is 5.76 Å². The van der Waals surface area contributed by atoms with Crippen molar-refractivity contribution in [1.29, 1.82) is 0 Å². The Balaban J connectivity index is 2.09. The van der Waals surface area contributed by atoms with Gasteiger partial charge in [0.25, 0.3) is 0 Å². The molecular weight excluding hydrogens is 254 g/mol. The van der Waals surface area contributed by atoms with E-state index in [1.807, 2.05) is 6.07 Å². The summed E-state index contributed by atoms with van der Waals surface area (Å²) in [5, 5.41) is 12.5. The van der Waals surface area contributed by atoms with E-state index in [2.05, 4.69) is 0 Å². The molecule has 1 aromatic heterocycles. The van der Waals surface area contributed by atoms with E-state index in [0.29, 0.717) is 21.4 Å². The average molecular weight is 265 g/mol.